The smallest absolute Gasteiger partial charge is 0.308 e. The average molecular weight is 461 g/mol. The lowest BCUT2D eigenvalue weighted by atomic mass is 9.93. The summed E-state index contributed by atoms with van der Waals surface area (Å²) >= 11 is 1.43. The third-order valence-electron chi connectivity index (χ3n) is 5.96. The average Bonchev–Trinajstić information content (AvgIpc) is 3.38. The molecule has 0 amide bonds. The van der Waals surface area contributed by atoms with Gasteiger partial charge < -0.3 is 19.3 Å². The van der Waals surface area contributed by atoms with Gasteiger partial charge in [-0.3, -0.25) is 9.69 Å². The van der Waals surface area contributed by atoms with Crippen LogP contribution in [-0.2, 0) is 16.0 Å². The second-order valence-electron chi connectivity index (χ2n) is 7.72. The summed E-state index contributed by atoms with van der Waals surface area (Å²) in [6.45, 7) is 3.35. The highest BCUT2D eigenvalue weighted by Gasteiger charge is 2.34. The number of methoxy groups -OCH3 is 3. The number of nitrogens with zero attached hydrogens (tertiary/aromatic N) is 4. The second-order valence-corrected chi connectivity index (χ2v) is 8.73. The summed E-state index contributed by atoms with van der Waals surface area (Å²) in [4.78, 5) is 20.2. The number of ether oxygens (including phenoxy) is 3. The summed E-state index contributed by atoms with van der Waals surface area (Å²) in [6.07, 6.45) is 2.08. The first-order valence-corrected chi connectivity index (χ1v) is 11.4. The van der Waals surface area contributed by atoms with Crippen molar-refractivity contribution in [3.63, 3.8) is 0 Å². The summed E-state index contributed by atoms with van der Waals surface area (Å²) in [5.74, 6) is 1.77. The van der Waals surface area contributed by atoms with Crippen LogP contribution < -0.4 is 9.47 Å². The maximum absolute atomic E-state index is 12.0. The van der Waals surface area contributed by atoms with E-state index < -0.39 is 0 Å². The number of aromatic nitrogens is 3. The number of hydrogen-bond donors (Lipinski definition) is 1. The molecule has 1 N–H and O–H groups in total. The third-order valence-corrected chi connectivity index (χ3v) is 7.03. The largest absolute Gasteiger partial charge is 0.493 e. The first kappa shape index (κ1) is 22.3. The molecule has 0 bridgehead atoms. The van der Waals surface area contributed by atoms with Crippen molar-refractivity contribution in [2.24, 2.45) is 5.92 Å². The van der Waals surface area contributed by atoms with Gasteiger partial charge in [-0.25, -0.2) is 4.98 Å². The van der Waals surface area contributed by atoms with E-state index in [1.165, 1.54) is 23.0 Å². The highest BCUT2D eigenvalue weighted by Crippen LogP contribution is 2.43. The predicted molar refractivity (Wildman–Crippen MR) is 120 cm³/mol. The Morgan fingerprint density at radius 1 is 1.22 bits per heavy atom. The summed E-state index contributed by atoms with van der Waals surface area (Å²) in [7, 11) is 4.63. The molecule has 32 heavy (non-hydrogen) atoms. The Morgan fingerprint density at radius 3 is 2.53 bits per heavy atom. The topological polar surface area (TPSA) is 98.4 Å². The number of aromatic hydroxyl groups is 1. The van der Waals surface area contributed by atoms with Gasteiger partial charge in [0, 0.05) is 6.42 Å². The van der Waals surface area contributed by atoms with Gasteiger partial charge in [0.15, 0.2) is 17.3 Å². The molecule has 1 atom stereocenters. The fourth-order valence-electron chi connectivity index (χ4n) is 4.23. The Labute approximate surface area is 190 Å². The normalized spacial score (nSPS) is 16.2. The van der Waals surface area contributed by atoms with Gasteiger partial charge in [0.25, 0.3) is 0 Å². The molecule has 1 aliphatic heterocycles. The molecular formula is C22H28N4O5S. The molecule has 0 spiro atoms. The monoisotopic (exact) mass is 460 g/mol. The van der Waals surface area contributed by atoms with Crippen molar-refractivity contribution >= 4 is 22.3 Å². The summed E-state index contributed by atoms with van der Waals surface area (Å²) in [5.41, 5.74) is 0.953. The van der Waals surface area contributed by atoms with Crippen LogP contribution in [0.5, 0.6) is 17.4 Å². The van der Waals surface area contributed by atoms with Gasteiger partial charge >= 0.3 is 5.97 Å². The molecule has 2 aromatic heterocycles. The Kier molecular flexibility index (Phi) is 6.52. The zero-order valence-electron chi connectivity index (χ0n) is 18.7. The number of rotatable bonds is 7. The van der Waals surface area contributed by atoms with Crippen molar-refractivity contribution in [1.29, 1.82) is 0 Å². The molecule has 1 aromatic carbocycles. The number of hydrogen-bond acceptors (Lipinski definition) is 9. The number of carbonyl (C=O) groups is 1. The lowest BCUT2D eigenvalue weighted by Crippen LogP contribution is -2.39. The van der Waals surface area contributed by atoms with E-state index in [-0.39, 0.29) is 23.8 Å². The van der Waals surface area contributed by atoms with E-state index in [9.17, 15) is 9.90 Å². The minimum absolute atomic E-state index is 0.0899. The van der Waals surface area contributed by atoms with Gasteiger partial charge in [0.1, 0.15) is 0 Å². The van der Waals surface area contributed by atoms with Crippen molar-refractivity contribution in [1.82, 2.24) is 19.5 Å². The number of likely N-dealkylation sites (tertiary alicyclic amines) is 1. The molecular weight excluding hydrogens is 432 g/mol. The first-order valence-electron chi connectivity index (χ1n) is 10.6. The molecule has 3 heterocycles. The molecule has 3 aromatic rings. The molecule has 4 rings (SSSR count). The van der Waals surface area contributed by atoms with E-state index >= 15 is 0 Å². The van der Waals surface area contributed by atoms with Gasteiger partial charge in [-0.1, -0.05) is 24.3 Å². The molecule has 0 unspecified atom stereocenters. The molecule has 172 valence electrons. The van der Waals surface area contributed by atoms with Crippen LogP contribution in [0, 0.1) is 5.92 Å². The van der Waals surface area contributed by atoms with Crippen LogP contribution in [0.15, 0.2) is 18.2 Å². The van der Waals surface area contributed by atoms with Crippen LogP contribution in [0.4, 0.5) is 0 Å². The number of aryl methyl sites for hydroxylation is 1. The van der Waals surface area contributed by atoms with E-state index in [0.717, 1.165) is 10.4 Å². The Morgan fingerprint density at radius 2 is 1.94 bits per heavy atom. The SMILES string of the molecule is CCc1nc2sc([C@@H](c3ccc(OC)c(OC)c3)N3CCC(C(=O)OC)CC3)c(O)n2n1. The molecule has 0 aliphatic carbocycles. The van der Waals surface area contributed by atoms with Gasteiger partial charge in [0.05, 0.1) is 38.2 Å². The van der Waals surface area contributed by atoms with Crippen molar-refractivity contribution in [2.75, 3.05) is 34.4 Å². The fraction of sp³-hybridized carbons (Fsp3) is 0.500. The molecule has 0 saturated carbocycles. The van der Waals surface area contributed by atoms with Crippen molar-refractivity contribution in [3.8, 4) is 17.4 Å². The number of esters is 1. The standard InChI is InChI=1S/C22H28N4O5S/c1-5-17-23-22-26(24-17)20(27)19(32-22)18(14-6-7-15(29-2)16(12-14)30-3)25-10-8-13(9-11-25)21(28)31-4/h6-7,12-13,18,27H,5,8-11H2,1-4H3/t18-/m1/s1. The molecule has 10 heteroatoms. The van der Waals surface area contributed by atoms with Crippen LogP contribution in [0.2, 0.25) is 0 Å². The molecule has 1 saturated heterocycles. The van der Waals surface area contributed by atoms with Gasteiger partial charge in [-0.2, -0.15) is 4.52 Å². The van der Waals surface area contributed by atoms with E-state index in [2.05, 4.69) is 15.0 Å². The Hall–Kier alpha value is -2.85. The fourth-order valence-corrected chi connectivity index (χ4v) is 5.37. The third kappa shape index (κ3) is 4.00. The lowest BCUT2D eigenvalue weighted by molar-refractivity contribution is -0.147. The number of piperidine rings is 1. The Bertz CT molecular complexity index is 1100. The van der Waals surface area contributed by atoms with Gasteiger partial charge in [-0.05, 0) is 43.6 Å². The van der Waals surface area contributed by atoms with Gasteiger partial charge in [-0.15, -0.1) is 5.10 Å². The predicted octanol–water partition coefficient (Wildman–Crippen LogP) is 3.05. The summed E-state index contributed by atoms with van der Waals surface area (Å²) < 4.78 is 17.4. The van der Waals surface area contributed by atoms with Crippen molar-refractivity contribution in [2.45, 2.75) is 32.2 Å². The minimum Gasteiger partial charge on any atom is -0.493 e. The highest BCUT2D eigenvalue weighted by molar-refractivity contribution is 7.17. The number of thiazole rings is 1. The van der Waals surface area contributed by atoms with E-state index in [1.54, 1.807) is 14.2 Å². The second kappa shape index (κ2) is 9.33. The maximum Gasteiger partial charge on any atom is 0.308 e. The van der Waals surface area contributed by atoms with E-state index in [0.29, 0.717) is 54.6 Å². The van der Waals surface area contributed by atoms with Crippen LogP contribution in [-0.4, -0.2) is 65.0 Å². The molecule has 1 aliphatic rings. The van der Waals surface area contributed by atoms with Crippen LogP contribution in [0.1, 0.15) is 42.1 Å². The zero-order chi connectivity index (χ0) is 22.8. The van der Waals surface area contributed by atoms with Crippen LogP contribution in [0.3, 0.4) is 0 Å². The summed E-state index contributed by atoms with van der Waals surface area (Å²) in [5, 5.41) is 15.5. The minimum atomic E-state index is -0.244. The molecule has 1 fully saturated rings. The van der Waals surface area contributed by atoms with Crippen molar-refractivity contribution in [3.05, 3.63) is 34.5 Å². The Balaban J connectivity index is 1.75. The molecule has 0 radical (unpaired) electrons. The quantitative estimate of drug-likeness (QED) is 0.537. The number of fused-ring (bicyclic) bond motifs is 1. The highest BCUT2D eigenvalue weighted by atomic mass is 32.1. The maximum atomic E-state index is 12.0. The van der Waals surface area contributed by atoms with Crippen LogP contribution >= 0.6 is 11.3 Å². The molecule has 9 nitrogen and oxygen atoms in total. The van der Waals surface area contributed by atoms with Gasteiger partial charge in [0.2, 0.25) is 10.8 Å². The number of carbonyl (C=O) groups excluding carboxylic acids is 1. The first-order chi connectivity index (χ1) is 15.5. The number of benzene rings is 1. The lowest BCUT2D eigenvalue weighted by Gasteiger charge is -2.36. The van der Waals surface area contributed by atoms with E-state index in [1.807, 2.05) is 25.1 Å². The van der Waals surface area contributed by atoms with E-state index in [4.69, 9.17) is 14.2 Å². The zero-order valence-corrected chi connectivity index (χ0v) is 19.5. The van der Waals surface area contributed by atoms with Crippen molar-refractivity contribution < 1.29 is 24.1 Å². The summed E-state index contributed by atoms with van der Waals surface area (Å²) in [6, 6.07) is 5.53. The van der Waals surface area contributed by atoms with Crippen LogP contribution in [0.25, 0.3) is 4.96 Å².